The first kappa shape index (κ1) is 16.2. The van der Waals surface area contributed by atoms with Gasteiger partial charge >= 0.3 is 7.67 Å². The van der Waals surface area contributed by atoms with Crippen LogP contribution >= 0.6 is 14.2 Å². The first-order chi connectivity index (χ1) is 9.86. The standard InChI is InChI=1S/C12H16N4O2P2S/c13-19(17,15-11-7-3-1-4-8-11)18-20(14,21)16-12-9-5-2-6-10-12/h1-10H,(H3,13,15,17)(H3,14,16,21). The van der Waals surface area contributed by atoms with E-state index in [9.17, 15) is 4.57 Å². The molecule has 0 spiro atoms. The maximum Gasteiger partial charge on any atom is 0.369 e. The van der Waals surface area contributed by atoms with Crippen molar-refractivity contribution in [3.8, 4) is 0 Å². The molecule has 0 fully saturated rings. The van der Waals surface area contributed by atoms with Gasteiger partial charge in [0.25, 0.3) is 0 Å². The SMILES string of the molecule is NP(=O)(Nc1ccccc1)OP(N)(=S)Nc1ccccc1. The summed E-state index contributed by atoms with van der Waals surface area (Å²) in [6.07, 6.45) is 0. The lowest BCUT2D eigenvalue weighted by atomic mass is 10.3. The van der Waals surface area contributed by atoms with Gasteiger partial charge in [0.15, 0.2) is 0 Å². The molecule has 0 aliphatic rings. The molecule has 2 atom stereocenters. The average molecular weight is 342 g/mol. The van der Waals surface area contributed by atoms with Crippen molar-refractivity contribution in [1.82, 2.24) is 0 Å². The molecule has 0 heterocycles. The average Bonchev–Trinajstić information content (AvgIpc) is 2.38. The maximum atomic E-state index is 12.3. The minimum absolute atomic E-state index is 0.568. The van der Waals surface area contributed by atoms with Crippen LogP contribution in [0.15, 0.2) is 60.7 Å². The van der Waals surface area contributed by atoms with Crippen molar-refractivity contribution in [2.75, 3.05) is 10.2 Å². The van der Waals surface area contributed by atoms with Gasteiger partial charge in [-0.25, -0.2) is 14.4 Å². The Morgan fingerprint density at radius 1 is 0.857 bits per heavy atom. The van der Waals surface area contributed by atoms with Gasteiger partial charge in [0.2, 0.25) is 6.57 Å². The van der Waals surface area contributed by atoms with Crippen LogP contribution in [0.5, 0.6) is 0 Å². The van der Waals surface area contributed by atoms with Crippen molar-refractivity contribution in [2.24, 2.45) is 11.0 Å². The predicted octanol–water partition coefficient (Wildman–Crippen LogP) is 3.48. The van der Waals surface area contributed by atoms with E-state index in [1.54, 1.807) is 36.4 Å². The van der Waals surface area contributed by atoms with E-state index in [0.717, 1.165) is 0 Å². The molecule has 6 N–H and O–H groups in total. The van der Waals surface area contributed by atoms with Crippen molar-refractivity contribution in [3.05, 3.63) is 60.7 Å². The van der Waals surface area contributed by atoms with E-state index < -0.39 is 14.2 Å². The van der Waals surface area contributed by atoms with E-state index in [1.807, 2.05) is 24.3 Å². The van der Waals surface area contributed by atoms with Crippen LogP contribution < -0.4 is 21.2 Å². The molecule has 2 rings (SSSR count). The monoisotopic (exact) mass is 342 g/mol. The summed E-state index contributed by atoms with van der Waals surface area (Å²) in [6.45, 7) is -3.04. The molecule has 112 valence electrons. The van der Waals surface area contributed by atoms with Crippen LogP contribution in [-0.4, -0.2) is 0 Å². The van der Waals surface area contributed by atoms with E-state index in [2.05, 4.69) is 10.2 Å². The van der Waals surface area contributed by atoms with E-state index in [1.165, 1.54) is 0 Å². The fourth-order valence-corrected chi connectivity index (χ4v) is 5.60. The molecule has 0 radical (unpaired) electrons. The van der Waals surface area contributed by atoms with Crippen molar-refractivity contribution in [1.29, 1.82) is 0 Å². The summed E-state index contributed by atoms with van der Waals surface area (Å²) in [5.41, 5.74) is 12.8. The normalized spacial score (nSPS) is 16.5. The molecule has 0 bridgehead atoms. The number of rotatable bonds is 6. The molecule has 6 nitrogen and oxygen atoms in total. The number of benzene rings is 2. The Kier molecular flexibility index (Phi) is 5.17. The van der Waals surface area contributed by atoms with E-state index in [4.69, 9.17) is 27.1 Å². The zero-order chi connectivity index (χ0) is 15.3. The number of nitrogens with one attached hydrogen (secondary N) is 2. The van der Waals surface area contributed by atoms with Crippen LogP contribution in [0.2, 0.25) is 0 Å². The molecule has 0 saturated heterocycles. The van der Waals surface area contributed by atoms with Gasteiger partial charge < -0.3 is 10.2 Å². The highest BCUT2D eigenvalue weighted by Crippen LogP contribution is 2.54. The topological polar surface area (TPSA) is 102 Å². The second kappa shape index (κ2) is 6.71. The summed E-state index contributed by atoms with van der Waals surface area (Å²) in [5.74, 6) is 0. The maximum absolute atomic E-state index is 12.3. The number of anilines is 2. The molecule has 0 aliphatic carbocycles. The second-order valence-corrected chi connectivity index (χ2v) is 9.35. The van der Waals surface area contributed by atoms with Gasteiger partial charge in [-0.15, -0.1) is 0 Å². The van der Waals surface area contributed by atoms with Gasteiger partial charge in [-0.1, -0.05) is 36.4 Å². The first-order valence-corrected chi connectivity index (χ1v) is 10.5. The molecule has 2 unspecified atom stereocenters. The summed E-state index contributed by atoms with van der Waals surface area (Å²) in [5, 5.41) is 5.46. The number of hydrogen-bond acceptors (Lipinski definition) is 3. The molecular formula is C12H16N4O2P2S. The van der Waals surface area contributed by atoms with Crippen LogP contribution in [0, 0.1) is 0 Å². The van der Waals surface area contributed by atoms with Crippen LogP contribution in [0.25, 0.3) is 0 Å². The largest absolute Gasteiger partial charge is 0.369 e. The molecule has 0 saturated carbocycles. The number of nitrogens with two attached hydrogens (primary N) is 2. The summed E-state index contributed by atoms with van der Waals surface area (Å²) < 4.78 is 17.5. The lowest BCUT2D eigenvalue weighted by Crippen LogP contribution is -2.14. The lowest BCUT2D eigenvalue weighted by molar-refractivity contribution is 0.510. The van der Waals surface area contributed by atoms with E-state index in [0.29, 0.717) is 11.4 Å². The van der Waals surface area contributed by atoms with Gasteiger partial charge in [-0.05, 0) is 36.1 Å². The Bertz CT molecular complexity index is 625. The lowest BCUT2D eigenvalue weighted by Gasteiger charge is -2.24. The minimum Gasteiger partial charge on any atom is -0.325 e. The summed E-state index contributed by atoms with van der Waals surface area (Å²) in [6, 6.07) is 17.9. The highest BCUT2D eigenvalue weighted by atomic mass is 32.5. The molecule has 21 heavy (non-hydrogen) atoms. The summed E-state index contributed by atoms with van der Waals surface area (Å²) in [7, 11) is -3.67. The number of hydrogen-bond donors (Lipinski definition) is 4. The first-order valence-electron chi connectivity index (χ1n) is 6.02. The molecule has 2 aromatic carbocycles. The van der Waals surface area contributed by atoms with Crippen LogP contribution in [0.1, 0.15) is 0 Å². The quantitative estimate of drug-likeness (QED) is 0.596. The van der Waals surface area contributed by atoms with Gasteiger partial charge in [-0.3, -0.25) is 5.50 Å². The molecule has 0 amide bonds. The third-order valence-electron chi connectivity index (χ3n) is 2.36. The zero-order valence-corrected chi connectivity index (χ0v) is 13.7. The van der Waals surface area contributed by atoms with Crippen LogP contribution in [0.3, 0.4) is 0 Å². The van der Waals surface area contributed by atoms with Crippen molar-refractivity contribution < 1.29 is 8.88 Å². The molecule has 0 aromatic heterocycles. The third kappa shape index (κ3) is 5.59. The molecule has 0 aliphatic heterocycles. The zero-order valence-electron chi connectivity index (χ0n) is 11.0. The molecule has 9 heteroatoms. The minimum atomic E-state index is -3.67. The van der Waals surface area contributed by atoms with Crippen LogP contribution in [0.4, 0.5) is 11.4 Å². The fraction of sp³-hybridized carbons (Fsp3) is 0. The Balaban J connectivity index is 2.04. The van der Waals surface area contributed by atoms with Gasteiger partial charge in [-0.2, -0.15) is 0 Å². The third-order valence-corrected chi connectivity index (χ3v) is 6.31. The molecule has 2 aromatic rings. The van der Waals surface area contributed by atoms with Crippen molar-refractivity contribution in [2.45, 2.75) is 0 Å². The van der Waals surface area contributed by atoms with Crippen molar-refractivity contribution >= 4 is 37.4 Å². The molecular weight excluding hydrogens is 326 g/mol. The highest BCUT2D eigenvalue weighted by molar-refractivity contribution is 8.13. The number of para-hydroxylation sites is 2. The van der Waals surface area contributed by atoms with E-state index in [-0.39, 0.29) is 0 Å². The summed E-state index contributed by atoms with van der Waals surface area (Å²) in [4.78, 5) is 0. The van der Waals surface area contributed by atoms with Gasteiger partial charge in [0.1, 0.15) is 0 Å². The summed E-state index contributed by atoms with van der Waals surface area (Å²) >= 11 is 5.15. The second-order valence-electron chi connectivity index (χ2n) is 4.23. The van der Waals surface area contributed by atoms with Crippen molar-refractivity contribution in [3.63, 3.8) is 0 Å². The fourth-order valence-electron chi connectivity index (χ4n) is 1.61. The van der Waals surface area contributed by atoms with E-state index >= 15 is 0 Å². The Morgan fingerprint density at radius 3 is 1.76 bits per heavy atom. The Labute approximate surface area is 128 Å². The predicted molar refractivity (Wildman–Crippen MR) is 91.5 cm³/mol. The smallest absolute Gasteiger partial charge is 0.325 e. The Morgan fingerprint density at radius 2 is 1.29 bits per heavy atom. The van der Waals surface area contributed by atoms with Gasteiger partial charge in [0, 0.05) is 11.4 Å². The Hall–Kier alpha value is -1.20. The van der Waals surface area contributed by atoms with Crippen LogP contribution in [-0.2, 0) is 20.7 Å². The van der Waals surface area contributed by atoms with Gasteiger partial charge in [0.05, 0.1) is 0 Å². The highest BCUT2D eigenvalue weighted by Gasteiger charge is 2.26.